The standard InChI is InChI=1S/C12H19ClN2S/c1-10(11-2-3-12(13)16-11)4-7-15-8-5-14-6-9-15/h2-3,10,14H,4-9H2,1H3. The number of rotatable bonds is 4. The maximum Gasteiger partial charge on any atom is 0.0931 e. The molecule has 2 rings (SSSR count). The van der Waals surface area contributed by atoms with E-state index >= 15 is 0 Å². The Labute approximate surface area is 107 Å². The lowest BCUT2D eigenvalue weighted by molar-refractivity contribution is 0.234. The van der Waals surface area contributed by atoms with Crippen LogP contribution in [0.2, 0.25) is 4.34 Å². The van der Waals surface area contributed by atoms with Gasteiger partial charge in [-0.15, -0.1) is 11.3 Å². The molecule has 1 fully saturated rings. The molecule has 1 aliphatic heterocycles. The summed E-state index contributed by atoms with van der Waals surface area (Å²) in [4.78, 5) is 3.96. The highest BCUT2D eigenvalue weighted by molar-refractivity contribution is 7.16. The first-order chi connectivity index (χ1) is 7.75. The Morgan fingerprint density at radius 1 is 1.44 bits per heavy atom. The molecule has 0 saturated carbocycles. The predicted octanol–water partition coefficient (Wildman–Crippen LogP) is 2.80. The molecule has 0 bridgehead atoms. The largest absolute Gasteiger partial charge is 0.314 e. The van der Waals surface area contributed by atoms with Crippen LogP contribution in [-0.4, -0.2) is 37.6 Å². The van der Waals surface area contributed by atoms with Gasteiger partial charge in [-0.2, -0.15) is 0 Å². The van der Waals surface area contributed by atoms with Gasteiger partial charge < -0.3 is 10.2 Å². The molecule has 0 aromatic carbocycles. The van der Waals surface area contributed by atoms with Crippen LogP contribution in [-0.2, 0) is 0 Å². The summed E-state index contributed by atoms with van der Waals surface area (Å²) in [6.45, 7) is 8.16. The van der Waals surface area contributed by atoms with E-state index in [1.807, 2.05) is 6.07 Å². The summed E-state index contributed by atoms with van der Waals surface area (Å²) in [6.07, 6.45) is 1.23. The van der Waals surface area contributed by atoms with Crippen molar-refractivity contribution in [1.29, 1.82) is 0 Å². The smallest absolute Gasteiger partial charge is 0.0931 e. The first-order valence-corrected chi connectivity index (χ1v) is 7.13. The zero-order chi connectivity index (χ0) is 11.4. The maximum absolute atomic E-state index is 5.95. The first kappa shape index (κ1) is 12.4. The zero-order valence-electron chi connectivity index (χ0n) is 9.71. The number of nitrogens with one attached hydrogen (secondary N) is 1. The van der Waals surface area contributed by atoms with Gasteiger partial charge in [0.15, 0.2) is 0 Å². The van der Waals surface area contributed by atoms with Gasteiger partial charge >= 0.3 is 0 Å². The predicted molar refractivity (Wildman–Crippen MR) is 71.7 cm³/mol. The van der Waals surface area contributed by atoms with Crippen LogP contribution in [0.25, 0.3) is 0 Å². The Hall–Kier alpha value is -0.0900. The van der Waals surface area contributed by atoms with E-state index in [1.165, 1.54) is 30.9 Å². The van der Waals surface area contributed by atoms with Crippen LogP contribution >= 0.6 is 22.9 Å². The van der Waals surface area contributed by atoms with Crippen molar-refractivity contribution in [3.63, 3.8) is 0 Å². The van der Waals surface area contributed by atoms with Crippen molar-refractivity contribution >= 4 is 22.9 Å². The van der Waals surface area contributed by atoms with E-state index in [0.717, 1.165) is 17.4 Å². The fraction of sp³-hybridized carbons (Fsp3) is 0.667. The van der Waals surface area contributed by atoms with E-state index in [4.69, 9.17) is 11.6 Å². The number of hydrogen-bond donors (Lipinski definition) is 1. The minimum atomic E-state index is 0.632. The van der Waals surface area contributed by atoms with Crippen LogP contribution in [0, 0.1) is 0 Å². The van der Waals surface area contributed by atoms with Gasteiger partial charge in [0.05, 0.1) is 4.34 Å². The molecule has 0 spiro atoms. The third-order valence-corrected chi connectivity index (χ3v) is 4.63. The van der Waals surface area contributed by atoms with Crippen LogP contribution in [0.5, 0.6) is 0 Å². The van der Waals surface area contributed by atoms with E-state index < -0.39 is 0 Å². The van der Waals surface area contributed by atoms with Gasteiger partial charge in [-0.3, -0.25) is 0 Å². The van der Waals surface area contributed by atoms with Gasteiger partial charge in [0, 0.05) is 31.1 Å². The third-order valence-electron chi connectivity index (χ3n) is 3.17. The van der Waals surface area contributed by atoms with Gasteiger partial charge in [-0.25, -0.2) is 0 Å². The molecule has 0 aliphatic carbocycles. The molecule has 1 atom stereocenters. The number of thiophene rings is 1. The minimum Gasteiger partial charge on any atom is -0.314 e. The van der Waals surface area contributed by atoms with Gasteiger partial charge in [0.25, 0.3) is 0 Å². The third kappa shape index (κ3) is 3.45. The lowest BCUT2D eigenvalue weighted by Gasteiger charge is -2.28. The summed E-state index contributed by atoms with van der Waals surface area (Å²) < 4.78 is 0.907. The fourth-order valence-corrected chi connectivity index (χ4v) is 3.19. The van der Waals surface area contributed by atoms with Crippen molar-refractivity contribution in [3.8, 4) is 0 Å². The highest BCUT2D eigenvalue weighted by Gasteiger charge is 2.13. The Kier molecular flexibility index (Phi) is 4.65. The van der Waals surface area contributed by atoms with Gasteiger partial charge in [0.1, 0.15) is 0 Å². The van der Waals surface area contributed by atoms with Crippen LogP contribution in [0.15, 0.2) is 12.1 Å². The Balaban J connectivity index is 1.76. The van der Waals surface area contributed by atoms with Gasteiger partial charge in [-0.1, -0.05) is 18.5 Å². The SMILES string of the molecule is CC(CCN1CCNCC1)c1ccc(Cl)s1. The second-order valence-corrected chi connectivity index (χ2v) is 6.17. The monoisotopic (exact) mass is 258 g/mol. The van der Waals surface area contributed by atoms with E-state index in [2.05, 4.69) is 23.2 Å². The molecule has 0 radical (unpaired) electrons. The molecule has 16 heavy (non-hydrogen) atoms. The van der Waals surface area contributed by atoms with Crippen molar-refractivity contribution < 1.29 is 0 Å². The summed E-state index contributed by atoms with van der Waals surface area (Å²) in [5.74, 6) is 0.632. The number of halogens is 1. The van der Waals surface area contributed by atoms with Crippen LogP contribution in [0.1, 0.15) is 24.1 Å². The van der Waals surface area contributed by atoms with Gasteiger partial charge in [0.2, 0.25) is 0 Å². The summed E-state index contributed by atoms with van der Waals surface area (Å²) in [5.41, 5.74) is 0. The molecule has 0 amide bonds. The molecule has 1 N–H and O–H groups in total. The molecule has 4 heteroatoms. The normalized spacial score (nSPS) is 19.9. The molecule has 2 nitrogen and oxygen atoms in total. The molecular formula is C12H19ClN2S. The zero-order valence-corrected chi connectivity index (χ0v) is 11.3. The van der Waals surface area contributed by atoms with Crippen molar-refractivity contribution in [2.24, 2.45) is 0 Å². The average molecular weight is 259 g/mol. The summed E-state index contributed by atoms with van der Waals surface area (Å²) in [5, 5.41) is 3.38. The molecular weight excluding hydrogens is 240 g/mol. The fourth-order valence-electron chi connectivity index (χ4n) is 2.05. The van der Waals surface area contributed by atoms with Crippen molar-refractivity contribution in [2.75, 3.05) is 32.7 Å². The highest BCUT2D eigenvalue weighted by atomic mass is 35.5. The molecule has 2 heterocycles. The molecule has 1 aromatic heterocycles. The lowest BCUT2D eigenvalue weighted by atomic mass is 10.1. The quantitative estimate of drug-likeness (QED) is 0.894. The molecule has 1 aliphatic rings. The first-order valence-electron chi connectivity index (χ1n) is 5.94. The number of hydrogen-bond acceptors (Lipinski definition) is 3. The number of piperazine rings is 1. The molecule has 1 aromatic rings. The topological polar surface area (TPSA) is 15.3 Å². The molecule has 1 saturated heterocycles. The van der Waals surface area contributed by atoms with E-state index in [-0.39, 0.29) is 0 Å². The Bertz CT molecular complexity index is 321. The van der Waals surface area contributed by atoms with E-state index in [1.54, 1.807) is 11.3 Å². The second-order valence-electron chi connectivity index (χ2n) is 4.42. The van der Waals surface area contributed by atoms with E-state index in [9.17, 15) is 0 Å². The van der Waals surface area contributed by atoms with Crippen molar-refractivity contribution in [2.45, 2.75) is 19.3 Å². The summed E-state index contributed by atoms with van der Waals surface area (Å²) in [6, 6.07) is 4.16. The number of nitrogens with zero attached hydrogens (tertiary/aromatic N) is 1. The molecule has 1 unspecified atom stereocenters. The van der Waals surface area contributed by atoms with Crippen LogP contribution < -0.4 is 5.32 Å². The van der Waals surface area contributed by atoms with Crippen LogP contribution in [0.4, 0.5) is 0 Å². The summed E-state index contributed by atoms with van der Waals surface area (Å²) >= 11 is 7.67. The van der Waals surface area contributed by atoms with Crippen molar-refractivity contribution in [1.82, 2.24) is 10.2 Å². The molecule has 90 valence electrons. The second kappa shape index (κ2) is 6.01. The van der Waals surface area contributed by atoms with Crippen molar-refractivity contribution in [3.05, 3.63) is 21.3 Å². The average Bonchev–Trinajstić information content (AvgIpc) is 2.74. The highest BCUT2D eigenvalue weighted by Crippen LogP contribution is 2.29. The lowest BCUT2D eigenvalue weighted by Crippen LogP contribution is -2.43. The van der Waals surface area contributed by atoms with E-state index in [0.29, 0.717) is 5.92 Å². The Morgan fingerprint density at radius 3 is 2.81 bits per heavy atom. The van der Waals surface area contributed by atoms with Gasteiger partial charge in [-0.05, 0) is 31.0 Å². The minimum absolute atomic E-state index is 0.632. The van der Waals surface area contributed by atoms with Crippen LogP contribution in [0.3, 0.4) is 0 Å². The maximum atomic E-state index is 5.95. The Morgan fingerprint density at radius 2 is 2.19 bits per heavy atom. The summed E-state index contributed by atoms with van der Waals surface area (Å²) in [7, 11) is 0.